The summed E-state index contributed by atoms with van der Waals surface area (Å²) in [6.45, 7) is 4.58. The largest absolute Gasteiger partial charge is 0.465 e. The van der Waals surface area contributed by atoms with Crippen LogP contribution in [0.2, 0.25) is 0 Å². The maximum absolute atomic E-state index is 12.9. The summed E-state index contributed by atoms with van der Waals surface area (Å²) < 4.78 is 7.47. The fourth-order valence-electron chi connectivity index (χ4n) is 3.88. The predicted molar refractivity (Wildman–Crippen MR) is 134 cm³/mol. The van der Waals surface area contributed by atoms with Crippen LogP contribution in [0.4, 0.5) is 5.69 Å². The third-order valence-corrected chi connectivity index (χ3v) is 5.61. The van der Waals surface area contributed by atoms with E-state index in [2.05, 4.69) is 20.3 Å². The summed E-state index contributed by atoms with van der Waals surface area (Å²) in [5.41, 5.74) is 0.900. The molecule has 4 aromatic rings. The second kappa shape index (κ2) is 10.4. The van der Waals surface area contributed by atoms with Gasteiger partial charge in [-0.05, 0) is 37.1 Å². The van der Waals surface area contributed by atoms with Crippen LogP contribution in [-0.4, -0.2) is 43.1 Å². The number of anilines is 1. The lowest BCUT2D eigenvalue weighted by atomic mass is 10.1. The number of hydrogen-bond acceptors (Lipinski definition) is 7. The zero-order valence-corrected chi connectivity index (χ0v) is 20.2. The Morgan fingerprint density at radius 3 is 2.42 bits per heavy atom. The van der Waals surface area contributed by atoms with Crippen LogP contribution in [0.25, 0.3) is 22.6 Å². The van der Waals surface area contributed by atoms with Crippen molar-refractivity contribution in [1.29, 1.82) is 0 Å². The number of carbonyl (C=O) groups is 2. The van der Waals surface area contributed by atoms with E-state index in [-0.39, 0.29) is 28.1 Å². The third kappa shape index (κ3) is 4.54. The van der Waals surface area contributed by atoms with Gasteiger partial charge in [-0.15, -0.1) is 0 Å². The van der Waals surface area contributed by atoms with Gasteiger partial charge in [0.1, 0.15) is 17.0 Å². The lowest BCUT2D eigenvalue weighted by Crippen LogP contribution is -2.40. The molecule has 0 aliphatic heterocycles. The van der Waals surface area contributed by atoms with E-state index in [0.29, 0.717) is 43.0 Å². The summed E-state index contributed by atoms with van der Waals surface area (Å²) in [5, 5.41) is 2.67. The molecular weight excluding hydrogens is 464 g/mol. The molecule has 0 saturated heterocycles. The summed E-state index contributed by atoms with van der Waals surface area (Å²) >= 11 is 0. The van der Waals surface area contributed by atoms with Crippen molar-refractivity contribution in [3.05, 3.63) is 74.7 Å². The number of ether oxygens (including phenoxy) is 1. The van der Waals surface area contributed by atoms with Crippen molar-refractivity contribution in [2.45, 2.75) is 39.8 Å². The maximum Gasteiger partial charge on any atom is 0.339 e. The van der Waals surface area contributed by atoms with Gasteiger partial charge in [0.2, 0.25) is 0 Å². The highest BCUT2D eigenvalue weighted by atomic mass is 16.5. The molecule has 11 nitrogen and oxygen atoms in total. The molecule has 0 spiro atoms. The van der Waals surface area contributed by atoms with Gasteiger partial charge in [0.05, 0.1) is 18.4 Å². The molecule has 0 saturated carbocycles. The van der Waals surface area contributed by atoms with E-state index in [1.165, 1.54) is 28.5 Å². The molecule has 0 bridgehead atoms. The van der Waals surface area contributed by atoms with Crippen LogP contribution < -0.4 is 16.6 Å². The number of amides is 1. The average Bonchev–Trinajstić information content (AvgIpc) is 3.34. The third-order valence-electron chi connectivity index (χ3n) is 5.61. The molecule has 2 N–H and O–H groups in total. The Labute approximate surface area is 205 Å². The van der Waals surface area contributed by atoms with Crippen molar-refractivity contribution in [2.24, 2.45) is 0 Å². The highest BCUT2D eigenvalue weighted by Crippen LogP contribution is 2.20. The van der Waals surface area contributed by atoms with Crippen LogP contribution in [0.3, 0.4) is 0 Å². The molecule has 4 rings (SSSR count). The van der Waals surface area contributed by atoms with E-state index in [9.17, 15) is 19.2 Å². The Balaban J connectivity index is 1.66. The zero-order valence-electron chi connectivity index (χ0n) is 20.2. The van der Waals surface area contributed by atoms with Gasteiger partial charge in [-0.3, -0.25) is 23.7 Å². The number of carbonyl (C=O) groups excluding carboxylic acids is 2. The van der Waals surface area contributed by atoms with Crippen LogP contribution in [0.1, 0.15) is 47.5 Å². The van der Waals surface area contributed by atoms with Gasteiger partial charge < -0.3 is 15.0 Å². The number of hydrogen-bond donors (Lipinski definition) is 2. The van der Waals surface area contributed by atoms with E-state index in [1.807, 2.05) is 13.8 Å². The number of pyridine rings is 1. The maximum atomic E-state index is 12.9. The molecule has 1 aromatic carbocycles. The molecule has 0 radical (unpaired) electrons. The second-order valence-corrected chi connectivity index (χ2v) is 8.10. The highest BCUT2D eigenvalue weighted by molar-refractivity contribution is 6.07. The summed E-state index contributed by atoms with van der Waals surface area (Å²) in [5.74, 6) is -0.725. The molecule has 1 amide bonds. The first-order valence-corrected chi connectivity index (χ1v) is 11.6. The minimum atomic E-state index is -0.571. The molecule has 0 fully saturated rings. The predicted octanol–water partition coefficient (Wildman–Crippen LogP) is 2.81. The molecule has 0 atom stereocenters. The fourth-order valence-corrected chi connectivity index (χ4v) is 3.88. The Bertz CT molecular complexity index is 1550. The number of esters is 1. The fraction of sp³-hybridized carbons (Fsp3) is 0.280. The molecule has 3 heterocycles. The molecule has 3 aromatic heterocycles. The Morgan fingerprint density at radius 1 is 1.03 bits per heavy atom. The minimum Gasteiger partial charge on any atom is -0.465 e. The van der Waals surface area contributed by atoms with Gasteiger partial charge >= 0.3 is 11.7 Å². The topological polar surface area (TPSA) is 141 Å². The first kappa shape index (κ1) is 24.6. The smallest absolute Gasteiger partial charge is 0.339 e. The lowest BCUT2D eigenvalue weighted by molar-refractivity contribution is 0.0602. The molecule has 186 valence electrons. The Hall–Kier alpha value is -4.54. The standard InChI is InChI=1S/C25H26N6O5/c1-4-12-30-21-19(23(33)31(13-5-2)25(30)35)28-20(29-21)15-10-11-18(26-14-15)22(32)27-17-9-7-6-8-16(17)24(34)36-3/h6-11,14H,4-5,12-13H2,1-3H3,(H,27,32)(H,28,29). The summed E-state index contributed by atoms with van der Waals surface area (Å²) in [6.07, 6.45) is 2.79. The van der Waals surface area contributed by atoms with Crippen molar-refractivity contribution < 1.29 is 14.3 Å². The quantitative estimate of drug-likeness (QED) is 0.362. The Kier molecular flexibility index (Phi) is 7.09. The molecule has 0 aliphatic rings. The van der Waals surface area contributed by atoms with Crippen LogP contribution in [0.5, 0.6) is 0 Å². The first-order chi connectivity index (χ1) is 17.4. The van der Waals surface area contributed by atoms with E-state index < -0.39 is 17.4 Å². The van der Waals surface area contributed by atoms with E-state index in [0.717, 1.165) is 0 Å². The number of fused-ring (bicyclic) bond motifs is 1. The number of para-hydroxylation sites is 1. The average molecular weight is 491 g/mol. The van der Waals surface area contributed by atoms with Crippen LogP contribution >= 0.6 is 0 Å². The molecule has 36 heavy (non-hydrogen) atoms. The van der Waals surface area contributed by atoms with Crippen molar-refractivity contribution in [2.75, 3.05) is 12.4 Å². The molecular formula is C25H26N6O5. The van der Waals surface area contributed by atoms with E-state index >= 15 is 0 Å². The van der Waals surface area contributed by atoms with Crippen LogP contribution in [0.15, 0.2) is 52.2 Å². The SMILES string of the molecule is CCCn1c(=O)c2[nH]c(-c3ccc(C(=O)Nc4ccccc4C(=O)OC)nc3)nc2n(CCC)c1=O. The summed E-state index contributed by atoms with van der Waals surface area (Å²) in [4.78, 5) is 62.2. The number of benzene rings is 1. The van der Waals surface area contributed by atoms with E-state index in [4.69, 9.17) is 4.74 Å². The number of aromatic nitrogens is 5. The van der Waals surface area contributed by atoms with Gasteiger partial charge in [-0.1, -0.05) is 26.0 Å². The molecule has 0 unspecified atom stereocenters. The van der Waals surface area contributed by atoms with Crippen molar-refractivity contribution >= 4 is 28.7 Å². The first-order valence-electron chi connectivity index (χ1n) is 11.6. The summed E-state index contributed by atoms with van der Waals surface area (Å²) in [7, 11) is 1.26. The number of H-pyrrole nitrogens is 1. The second-order valence-electron chi connectivity index (χ2n) is 8.10. The lowest BCUT2D eigenvalue weighted by Gasteiger charge is -2.09. The van der Waals surface area contributed by atoms with Crippen molar-refractivity contribution in [1.82, 2.24) is 24.1 Å². The number of nitrogens with zero attached hydrogens (tertiary/aromatic N) is 4. The number of imidazole rings is 1. The van der Waals surface area contributed by atoms with Gasteiger partial charge in [0, 0.05) is 24.8 Å². The minimum absolute atomic E-state index is 0.114. The van der Waals surface area contributed by atoms with Gasteiger partial charge in [0.15, 0.2) is 5.65 Å². The number of methoxy groups -OCH3 is 1. The number of rotatable bonds is 8. The zero-order chi connectivity index (χ0) is 25.8. The van der Waals surface area contributed by atoms with Gasteiger partial charge in [0.25, 0.3) is 11.5 Å². The normalized spacial score (nSPS) is 11.0. The van der Waals surface area contributed by atoms with E-state index in [1.54, 1.807) is 30.3 Å². The number of aryl methyl sites for hydroxylation is 1. The molecule has 11 heteroatoms. The van der Waals surface area contributed by atoms with Gasteiger partial charge in [-0.2, -0.15) is 0 Å². The van der Waals surface area contributed by atoms with Crippen molar-refractivity contribution in [3.8, 4) is 11.4 Å². The number of aromatic amines is 1. The van der Waals surface area contributed by atoms with Crippen LogP contribution in [0, 0.1) is 0 Å². The molecule has 0 aliphatic carbocycles. The highest BCUT2D eigenvalue weighted by Gasteiger charge is 2.19. The monoisotopic (exact) mass is 490 g/mol. The van der Waals surface area contributed by atoms with Crippen LogP contribution in [-0.2, 0) is 17.8 Å². The number of nitrogens with one attached hydrogen (secondary N) is 2. The van der Waals surface area contributed by atoms with Crippen molar-refractivity contribution in [3.63, 3.8) is 0 Å². The Morgan fingerprint density at radius 2 is 1.75 bits per heavy atom. The summed E-state index contributed by atoms with van der Waals surface area (Å²) in [6, 6.07) is 9.64. The van der Waals surface area contributed by atoms with Gasteiger partial charge in [-0.25, -0.2) is 14.6 Å².